The predicted molar refractivity (Wildman–Crippen MR) is 110 cm³/mol. The maximum Gasteiger partial charge on any atom is 0.416 e. The molecule has 31 heavy (non-hydrogen) atoms. The molecule has 2 fully saturated rings. The van der Waals surface area contributed by atoms with E-state index in [1.165, 1.54) is 12.1 Å². The van der Waals surface area contributed by atoms with Crippen LogP contribution in [0.4, 0.5) is 13.2 Å². The third-order valence-corrected chi connectivity index (χ3v) is 8.59. The summed E-state index contributed by atoms with van der Waals surface area (Å²) in [6.07, 6.45) is -1.38. The molecule has 2 atom stereocenters. The number of piperidine rings is 1. The number of amides is 1. The Labute approximate surface area is 180 Å². The highest BCUT2D eigenvalue weighted by Gasteiger charge is 2.46. The second-order valence-electron chi connectivity index (χ2n) is 8.33. The lowest BCUT2D eigenvalue weighted by molar-refractivity contribution is -0.138. The minimum Gasteiger partial charge on any atom is -0.337 e. The minimum absolute atomic E-state index is 0.0528. The van der Waals surface area contributed by atoms with Crippen molar-refractivity contribution < 1.29 is 26.4 Å². The Hall–Kier alpha value is -2.35. The zero-order chi connectivity index (χ0) is 22.2. The Balaban J connectivity index is 1.39. The third-order valence-electron chi connectivity index (χ3n) is 6.40. The predicted octanol–water partition coefficient (Wildman–Crippen LogP) is 4.63. The van der Waals surface area contributed by atoms with Gasteiger partial charge >= 0.3 is 6.18 Å². The normalized spacial score (nSPS) is 23.7. The number of alkyl halides is 3. The number of carbonyl (C=O) groups is 1. The van der Waals surface area contributed by atoms with Gasteiger partial charge in [0.1, 0.15) is 0 Å². The van der Waals surface area contributed by atoms with Gasteiger partial charge in [-0.1, -0.05) is 30.3 Å². The first-order chi connectivity index (χ1) is 14.7. The van der Waals surface area contributed by atoms with Crippen LogP contribution in [0.5, 0.6) is 0 Å². The summed E-state index contributed by atoms with van der Waals surface area (Å²) in [4.78, 5) is 15.0. The number of rotatable bonds is 5. The molecule has 2 unspecified atom stereocenters. The number of sulfone groups is 1. The second kappa shape index (κ2) is 8.30. The molecule has 0 radical (unpaired) electrons. The fraction of sp³-hybridized carbons (Fsp3) is 0.435. The molecule has 2 aromatic rings. The highest BCUT2D eigenvalue weighted by molar-refractivity contribution is 7.92. The van der Waals surface area contributed by atoms with Gasteiger partial charge in [-0.2, -0.15) is 13.2 Å². The van der Waals surface area contributed by atoms with Crippen molar-refractivity contribution in [1.82, 2.24) is 4.90 Å². The number of hydrogen-bond donors (Lipinski definition) is 0. The van der Waals surface area contributed by atoms with Crippen LogP contribution in [0.3, 0.4) is 0 Å². The van der Waals surface area contributed by atoms with E-state index in [9.17, 15) is 26.4 Å². The molecule has 4 nitrogen and oxygen atoms in total. The van der Waals surface area contributed by atoms with E-state index in [0.29, 0.717) is 29.7 Å². The van der Waals surface area contributed by atoms with Gasteiger partial charge in [-0.05, 0) is 61.9 Å². The number of aryl methyl sites for hydroxylation is 1. The van der Waals surface area contributed by atoms with Crippen molar-refractivity contribution in [2.24, 2.45) is 0 Å². The average Bonchev–Trinajstić information content (AvgIpc) is 3.01. The van der Waals surface area contributed by atoms with Gasteiger partial charge in [0.2, 0.25) is 5.91 Å². The Morgan fingerprint density at radius 1 is 0.935 bits per heavy atom. The van der Waals surface area contributed by atoms with Gasteiger partial charge in [-0.25, -0.2) is 8.42 Å². The summed E-state index contributed by atoms with van der Waals surface area (Å²) in [6, 6.07) is 13.1. The van der Waals surface area contributed by atoms with Gasteiger partial charge in [0.05, 0.1) is 15.7 Å². The summed E-state index contributed by atoms with van der Waals surface area (Å²) in [7, 11) is -3.44. The summed E-state index contributed by atoms with van der Waals surface area (Å²) in [5, 5.41) is -0.494. The molecule has 1 amide bonds. The number of hydrogen-bond acceptors (Lipinski definition) is 3. The molecule has 2 saturated heterocycles. The number of carbonyl (C=O) groups excluding carboxylic acids is 1. The molecule has 0 N–H and O–H groups in total. The topological polar surface area (TPSA) is 54.5 Å². The van der Waals surface area contributed by atoms with Crippen LogP contribution in [0.25, 0.3) is 0 Å². The van der Waals surface area contributed by atoms with Gasteiger partial charge in [0, 0.05) is 18.5 Å². The summed E-state index contributed by atoms with van der Waals surface area (Å²) >= 11 is 0. The van der Waals surface area contributed by atoms with E-state index in [-0.39, 0.29) is 24.4 Å². The molecule has 2 aliphatic rings. The number of fused-ring (bicyclic) bond motifs is 2. The van der Waals surface area contributed by atoms with Crippen molar-refractivity contribution in [2.75, 3.05) is 0 Å². The van der Waals surface area contributed by atoms with Crippen LogP contribution < -0.4 is 0 Å². The summed E-state index contributed by atoms with van der Waals surface area (Å²) in [5.74, 6) is -0.0528. The van der Waals surface area contributed by atoms with Gasteiger partial charge in [-0.3, -0.25) is 4.79 Å². The van der Waals surface area contributed by atoms with Crippen LogP contribution in [0.2, 0.25) is 0 Å². The zero-order valence-corrected chi connectivity index (χ0v) is 17.7. The Kier molecular flexibility index (Phi) is 5.85. The maximum absolute atomic E-state index is 13.0. The quantitative estimate of drug-likeness (QED) is 0.666. The smallest absolute Gasteiger partial charge is 0.337 e. The van der Waals surface area contributed by atoms with Crippen LogP contribution in [0, 0.1) is 0 Å². The van der Waals surface area contributed by atoms with E-state index in [1.807, 2.05) is 4.90 Å². The lowest BCUT2D eigenvalue weighted by Crippen LogP contribution is -2.49. The molecule has 2 bridgehead atoms. The zero-order valence-electron chi connectivity index (χ0n) is 16.9. The summed E-state index contributed by atoms with van der Waals surface area (Å²) in [6.45, 7) is 0. The van der Waals surface area contributed by atoms with E-state index in [2.05, 4.69) is 0 Å². The molecule has 0 spiro atoms. The van der Waals surface area contributed by atoms with E-state index in [4.69, 9.17) is 0 Å². The molecule has 8 heteroatoms. The number of benzene rings is 2. The van der Waals surface area contributed by atoms with Gasteiger partial charge in [0.15, 0.2) is 9.84 Å². The number of halogens is 3. The average molecular weight is 452 g/mol. The van der Waals surface area contributed by atoms with Gasteiger partial charge in [0.25, 0.3) is 0 Å². The van der Waals surface area contributed by atoms with E-state index >= 15 is 0 Å². The van der Waals surface area contributed by atoms with Crippen LogP contribution in [-0.4, -0.2) is 36.6 Å². The first kappa shape index (κ1) is 21.9. The lowest BCUT2D eigenvalue weighted by atomic mass is 10.0. The van der Waals surface area contributed by atoms with Crippen LogP contribution in [0.15, 0.2) is 59.5 Å². The van der Waals surface area contributed by atoms with Crippen LogP contribution in [0.1, 0.15) is 43.2 Å². The van der Waals surface area contributed by atoms with E-state index in [1.54, 1.807) is 30.3 Å². The fourth-order valence-electron chi connectivity index (χ4n) is 4.83. The van der Waals surface area contributed by atoms with Crippen LogP contribution in [-0.2, 0) is 27.2 Å². The largest absolute Gasteiger partial charge is 0.416 e. The molecule has 2 aromatic carbocycles. The molecular formula is C23H24F3NO3S. The maximum atomic E-state index is 13.0. The second-order valence-corrected chi connectivity index (χ2v) is 10.6. The molecular weight excluding hydrogens is 427 g/mol. The standard InChI is InChI=1S/C23H24F3NO3S/c24-23(25,26)17-9-6-16(7-10-17)8-13-22(28)27-18-11-12-19(27)15-21(14-18)31(29,30)20-4-2-1-3-5-20/h1-7,9-10,18-19,21H,8,11-15H2. The van der Waals surface area contributed by atoms with Crippen molar-refractivity contribution in [1.29, 1.82) is 0 Å². The third kappa shape index (κ3) is 4.49. The molecule has 2 heterocycles. The van der Waals surface area contributed by atoms with Crippen LogP contribution >= 0.6 is 0 Å². The minimum atomic E-state index is -4.38. The summed E-state index contributed by atoms with van der Waals surface area (Å²) in [5.41, 5.74) is -0.0300. The molecule has 0 saturated carbocycles. The summed E-state index contributed by atoms with van der Waals surface area (Å²) < 4.78 is 64.1. The van der Waals surface area contributed by atoms with Crippen molar-refractivity contribution in [2.45, 2.75) is 66.9 Å². The highest BCUT2D eigenvalue weighted by Crippen LogP contribution is 2.40. The van der Waals surface area contributed by atoms with Crippen molar-refractivity contribution >= 4 is 15.7 Å². The molecule has 0 aromatic heterocycles. The SMILES string of the molecule is O=C(CCc1ccc(C(F)(F)F)cc1)N1C2CCC1CC(S(=O)(=O)c1ccccc1)C2. The van der Waals surface area contributed by atoms with Crippen molar-refractivity contribution in [3.8, 4) is 0 Å². The Morgan fingerprint density at radius 3 is 2.06 bits per heavy atom. The van der Waals surface area contributed by atoms with Crippen molar-refractivity contribution in [3.63, 3.8) is 0 Å². The van der Waals surface area contributed by atoms with Crippen molar-refractivity contribution in [3.05, 3.63) is 65.7 Å². The monoisotopic (exact) mass is 451 g/mol. The first-order valence-electron chi connectivity index (χ1n) is 10.4. The number of nitrogens with zero attached hydrogens (tertiary/aromatic N) is 1. The molecule has 166 valence electrons. The molecule has 0 aliphatic carbocycles. The Morgan fingerprint density at radius 2 is 1.52 bits per heavy atom. The molecule has 2 aliphatic heterocycles. The first-order valence-corrected chi connectivity index (χ1v) is 12.0. The van der Waals surface area contributed by atoms with Gasteiger partial charge in [-0.15, -0.1) is 0 Å². The van der Waals surface area contributed by atoms with E-state index < -0.39 is 26.8 Å². The van der Waals surface area contributed by atoms with Gasteiger partial charge < -0.3 is 4.90 Å². The van der Waals surface area contributed by atoms with E-state index in [0.717, 1.165) is 25.0 Å². The highest BCUT2D eigenvalue weighted by atomic mass is 32.2. The molecule has 4 rings (SSSR count). The Bertz CT molecular complexity index is 1020. The lowest BCUT2D eigenvalue weighted by Gasteiger charge is -2.38. The fourth-order valence-corrected chi connectivity index (χ4v) is 6.70.